The van der Waals surface area contributed by atoms with Gasteiger partial charge in [0.05, 0.1) is 10.6 Å². The molecule has 0 bridgehead atoms. The van der Waals surface area contributed by atoms with Gasteiger partial charge in [-0.25, -0.2) is 4.98 Å². The highest BCUT2D eigenvalue weighted by Crippen LogP contribution is 2.34. The summed E-state index contributed by atoms with van der Waals surface area (Å²) >= 11 is 1.65. The minimum atomic E-state index is 0.756. The Morgan fingerprint density at radius 2 is 1.83 bits per heavy atom. The molecule has 0 N–H and O–H groups in total. The lowest BCUT2D eigenvalue weighted by molar-refractivity contribution is 1.10. The second-order valence-electron chi connectivity index (χ2n) is 5.18. The highest BCUT2D eigenvalue weighted by molar-refractivity contribution is 7.13. The molecule has 0 atom stereocenters. The Morgan fingerprint density at radius 3 is 2.65 bits per heavy atom. The Hall–Kier alpha value is -2.79. The molecule has 0 aliphatic heterocycles. The van der Waals surface area contributed by atoms with Crippen molar-refractivity contribution >= 4 is 28.5 Å². The van der Waals surface area contributed by atoms with Gasteiger partial charge in [0.1, 0.15) is 11.3 Å². The third-order valence-electron chi connectivity index (χ3n) is 3.63. The molecular weight excluding hydrogens is 304 g/mol. The van der Waals surface area contributed by atoms with E-state index >= 15 is 0 Å². The maximum absolute atomic E-state index is 4.71. The summed E-state index contributed by atoms with van der Waals surface area (Å²) < 4.78 is 1.97. The molecule has 0 saturated carbocycles. The molecule has 0 fully saturated rings. The van der Waals surface area contributed by atoms with E-state index in [0.717, 1.165) is 33.3 Å². The van der Waals surface area contributed by atoms with Gasteiger partial charge in [0, 0.05) is 6.20 Å². The molecule has 4 aromatic rings. The van der Waals surface area contributed by atoms with E-state index in [2.05, 4.69) is 16.3 Å². The Bertz CT molecular complexity index is 983. The van der Waals surface area contributed by atoms with Crippen molar-refractivity contribution in [3.63, 3.8) is 0 Å². The Labute approximate surface area is 137 Å². The number of benzene rings is 1. The molecule has 4 nitrogen and oxygen atoms in total. The first-order valence-corrected chi connectivity index (χ1v) is 8.19. The number of aromatic nitrogens is 2. The summed E-state index contributed by atoms with van der Waals surface area (Å²) in [6, 6.07) is 18.0. The number of thiophene rings is 1. The van der Waals surface area contributed by atoms with E-state index in [1.54, 1.807) is 11.3 Å². The van der Waals surface area contributed by atoms with Gasteiger partial charge in [-0.3, -0.25) is 4.40 Å². The summed E-state index contributed by atoms with van der Waals surface area (Å²) in [6.45, 7) is 2.03. The predicted octanol–water partition coefficient (Wildman–Crippen LogP) is 5.79. The number of imidazole rings is 1. The average molecular weight is 318 g/mol. The molecule has 4 rings (SSSR count). The fraction of sp³-hybridized carbons (Fsp3) is 0.0556. The highest BCUT2D eigenvalue weighted by atomic mass is 32.1. The molecule has 0 amide bonds. The summed E-state index contributed by atoms with van der Waals surface area (Å²) in [5, 5.41) is 11.0. The summed E-state index contributed by atoms with van der Waals surface area (Å²) in [7, 11) is 0. The van der Waals surface area contributed by atoms with E-state index in [0.29, 0.717) is 0 Å². The predicted molar refractivity (Wildman–Crippen MR) is 93.9 cm³/mol. The van der Waals surface area contributed by atoms with Crippen molar-refractivity contribution in [3.8, 4) is 10.6 Å². The summed E-state index contributed by atoms with van der Waals surface area (Å²) in [4.78, 5) is 5.80. The topological polar surface area (TPSA) is 42.0 Å². The van der Waals surface area contributed by atoms with E-state index in [9.17, 15) is 0 Å². The van der Waals surface area contributed by atoms with Crippen molar-refractivity contribution in [1.29, 1.82) is 0 Å². The molecule has 0 unspecified atom stereocenters. The molecule has 1 aromatic carbocycles. The van der Waals surface area contributed by atoms with E-state index in [4.69, 9.17) is 4.98 Å². The van der Waals surface area contributed by atoms with Gasteiger partial charge in [-0.15, -0.1) is 21.6 Å². The third kappa shape index (κ3) is 2.55. The molecule has 0 aliphatic rings. The van der Waals surface area contributed by atoms with Crippen molar-refractivity contribution in [2.24, 2.45) is 10.2 Å². The van der Waals surface area contributed by atoms with Crippen LogP contribution < -0.4 is 0 Å². The zero-order valence-electron chi connectivity index (χ0n) is 12.5. The molecule has 5 heteroatoms. The largest absolute Gasteiger partial charge is 0.283 e. The minimum Gasteiger partial charge on any atom is -0.283 e. The second-order valence-corrected chi connectivity index (χ2v) is 6.12. The van der Waals surface area contributed by atoms with Gasteiger partial charge >= 0.3 is 0 Å². The summed E-state index contributed by atoms with van der Waals surface area (Å²) in [6.07, 6.45) is 1.96. The van der Waals surface area contributed by atoms with Gasteiger partial charge in [-0.2, -0.15) is 0 Å². The van der Waals surface area contributed by atoms with Crippen LogP contribution in [0.5, 0.6) is 0 Å². The SMILES string of the molecule is Cc1ccccc1N=Nc1c(-c2cccs2)nc2ccccn12. The van der Waals surface area contributed by atoms with E-state index in [1.807, 2.05) is 71.4 Å². The molecule has 0 spiro atoms. The molecule has 3 heterocycles. The number of azo groups is 1. The number of rotatable bonds is 3. The van der Waals surface area contributed by atoms with E-state index in [1.165, 1.54) is 0 Å². The average Bonchev–Trinajstić information content (AvgIpc) is 3.21. The van der Waals surface area contributed by atoms with Gasteiger partial charge in [0.2, 0.25) is 0 Å². The number of pyridine rings is 1. The normalized spacial score (nSPS) is 11.5. The van der Waals surface area contributed by atoms with Crippen LogP contribution in [0.2, 0.25) is 0 Å². The first-order valence-electron chi connectivity index (χ1n) is 7.31. The number of aryl methyl sites for hydroxylation is 1. The van der Waals surface area contributed by atoms with Crippen molar-refractivity contribution in [2.75, 3.05) is 0 Å². The zero-order chi connectivity index (χ0) is 15.6. The Kier molecular flexibility index (Phi) is 3.48. The number of fused-ring (bicyclic) bond motifs is 1. The lowest BCUT2D eigenvalue weighted by atomic mass is 10.2. The molecule has 0 radical (unpaired) electrons. The van der Waals surface area contributed by atoms with Crippen LogP contribution in [0, 0.1) is 6.92 Å². The molecule has 23 heavy (non-hydrogen) atoms. The van der Waals surface area contributed by atoms with Gasteiger partial charge in [0.15, 0.2) is 5.82 Å². The van der Waals surface area contributed by atoms with Gasteiger partial charge < -0.3 is 0 Å². The number of hydrogen-bond acceptors (Lipinski definition) is 4. The van der Waals surface area contributed by atoms with Crippen LogP contribution in [0.1, 0.15) is 5.56 Å². The highest BCUT2D eigenvalue weighted by Gasteiger charge is 2.14. The van der Waals surface area contributed by atoms with Crippen LogP contribution in [0.25, 0.3) is 16.2 Å². The maximum atomic E-state index is 4.71. The fourth-order valence-corrected chi connectivity index (χ4v) is 3.14. The summed E-state index contributed by atoms with van der Waals surface area (Å²) in [5.41, 5.74) is 3.71. The lowest BCUT2D eigenvalue weighted by Crippen LogP contribution is -1.81. The van der Waals surface area contributed by atoms with Crippen LogP contribution >= 0.6 is 11.3 Å². The van der Waals surface area contributed by atoms with Crippen LogP contribution in [-0.2, 0) is 0 Å². The van der Waals surface area contributed by atoms with Gasteiger partial charge in [-0.05, 0) is 42.1 Å². The van der Waals surface area contributed by atoms with Gasteiger partial charge in [-0.1, -0.05) is 30.3 Å². The Balaban J connectivity index is 1.88. The maximum Gasteiger partial charge on any atom is 0.188 e. The molecule has 0 aliphatic carbocycles. The monoisotopic (exact) mass is 318 g/mol. The zero-order valence-corrected chi connectivity index (χ0v) is 13.4. The van der Waals surface area contributed by atoms with Crippen molar-refractivity contribution in [3.05, 3.63) is 71.7 Å². The number of nitrogens with zero attached hydrogens (tertiary/aromatic N) is 4. The van der Waals surface area contributed by atoms with E-state index < -0.39 is 0 Å². The lowest BCUT2D eigenvalue weighted by Gasteiger charge is -1.99. The van der Waals surface area contributed by atoms with Crippen LogP contribution in [0.3, 0.4) is 0 Å². The molecule has 0 saturated heterocycles. The standard InChI is InChI=1S/C18H14N4S/c1-13-7-2-3-8-14(13)20-21-18-17(15-9-6-12-23-15)19-16-10-4-5-11-22(16)18/h2-12H,1H3. The first kappa shape index (κ1) is 13.8. The fourth-order valence-electron chi connectivity index (χ4n) is 2.43. The van der Waals surface area contributed by atoms with Crippen molar-refractivity contribution in [2.45, 2.75) is 6.92 Å². The van der Waals surface area contributed by atoms with Gasteiger partial charge in [0.25, 0.3) is 0 Å². The smallest absolute Gasteiger partial charge is 0.188 e. The number of hydrogen-bond donors (Lipinski definition) is 0. The van der Waals surface area contributed by atoms with Crippen molar-refractivity contribution in [1.82, 2.24) is 9.38 Å². The molecule has 3 aromatic heterocycles. The first-order chi connectivity index (χ1) is 11.3. The molecular formula is C18H14N4S. The Morgan fingerprint density at radius 1 is 0.957 bits per heavy atom. The third-order valence-corrected chi connectivity index (χ3v) is 4.50. The van der Waals surface area contributed by atoms with Crippen LogP contribution in [0.4, 0.5) is 11.5 Å². The second kappa shape index (κ2) is 5.78. The van der Waals surface area contributed by atoms with E-state index in [-0.39, 0.29) is 0 Å². The van der Waals surface area contributed by atoms with Crippen molar-refractivity contribution < 1.29 is 0 Å². The van der Waals surface area contributed by atoms with Crippen LogP contribution in [-0.4, -0.2) is 9.38 Å². The minimum absolute atomic E-state index is 0.756. The summed E-state index contributed by atoms with van der Waals surface area (Å²) in [5.74, 6) is 0.756. The molecule has 112 valence electrons. The quantitative estimate of drug-likeness (QED) is 0.441. The van der Waals surface area contributed by atoms with Crippen LogP contribution in [0.15, 0.2) is 76.4 Å².